The summed E-state index contributed by atoms with van der Waals surface area (Å²) in [6.07, 6.45) is 0. The second kappa shape index (κ2) is 6.60. The van der Waals surface area contributed by atoms with E-state index in [4.69, 9.17) is 0 Å². The van der Waals surface area contributed by atoms with E-state index in [1.165, 1.54) is 0 Å². The van der Waals surface area contributed by atoms with Gasteiger partial charge in [0.25, 0.3) is 5.91 Å². The third kappa shape index (κ3) is 3.21. The van der Waals surface area contributed by atoms with Crippen molar-refractivity contribution in [3.63, 3.8) is 0 Å². The van der Waals surface area contributed by atoms with E-state index in [1.807, 2.05) is 12.1 Å². The minimum absolute atomic E-state index is 0.245. The lowest BCUT2D eigenvalue weighted by molar-refractivity contribution is -0.110. The van der Waals surface area contributed by atoms with Crippen LogP contribution in [0.25, 0.3) is 0 Å². The molecule has 0 radical (unpaired) electrons. The van der Waals surface area contributed by atoms with Gasteiger partial charge in [0, 0.05) is 10.0 Å². The van der Waals surface area contributed by atoms with E-state index >= 15 is 0 Å². The number of anilines is 1. The third-order valence-corrected chi connectivity index (χ3v) is 5.78. The standard InChI is InChI=1S/C10H8BrIN2O2S2/c11-6-2-1-3-7-8(6)9(10(15)13-7)14-18(16)5-4-17-12/h1-3H,4-5H2,(H,13,14,15). The van der Waals surface area contributed by atoms with Crippen molar-refractivity contribution in [1.29, 1.82) is 0 Å². The van der Waals surface area contributed by atoms with Crippen molar-refractivity contribution >= 4 is 74.7 Å². The Bertz CT molecular complexity index is 513. The molecule has 18 heavy (non-hydrogen) atoms. The van der Waals surface area contributed by atoms with E-state index in [9.17, 15) is 9.35 Å². The maximum Gasteiger partial charge on any atom is 0.279 e. The highest BCUT2D eigenvalue weighted by Gasteiger charge is 2.30. The van der Waals surface area contributed by atoms with Gasteiger partial charge >= 0.3 is 0 Å². The van der Waals surface area contributed by atoms with Crippen LogP contribution in [0.15, 0.2) is 27.1 Å². The molecule has 1 aliphatic heterocycles. The quantitative estimate of drug-likeness (QED) is 0.557. The number of hydrogen-bond acceptors (Lipinski definition) is 4. The van der Waals surface area contributed by atoms with Crippen LogP contribution in [-0.2, 0) is 16.2 Å². The average Bonchev–Trinajstić information content (AvgIpc) is 2.65. The maximum atomic E-state index is 11.8. The molecule has 0 spiro atoms. The number of benzene rings is 1. The first-order chi connectivity index (χ1) is 8.63. The first kappa shape index (κ1) is 14.6. The lowest BCUT2D eigenvalue weighted by Gasteiger charge is -2.03. The van der Waals surface area contributed by atoms with Crippen LogP contribution in [0.1, 0.15) is 5.56 Å². The Labute approximate surface area is 132 Å². The smallest absolute Gasteiger partial charge is 0.279 e. The molecule has 8 heteroatoms. The molecule has 0 fully saturated rings. The number of rotatable bonds is 4. The van der Waals surface area contributed by atoms with Gasteiger partial charge < -0.3 is 9.87 Å². The van der Waals surface area contributed by atoms with Gasteiger partial charge in [0.05, 0.1) is 22.8 Å². The number of carbonyl (C=O) groups is 1. The molecule has 1 aromatic rings. The van der Waals surface area contributed by atoms with Gasteiger partial charge in [-0.2, -0.15) is 0 Å². The molecule has 1 heterocycles. The van der Waals surface area contributed by atoms with Crippen molar-refractivity contribution in [3.05, 3.63) is 28.2 Å². The zero-order chi connectivity index (χ0) is 13.1. The third-order valence-electron chi connectivity index (χ3n) is 2.24. The number of carbonyl (C=O) groups excluding carboxylic acids is 1. The van der Waals surface area contributed by atoms with E-state index in [0.29, 0.717) is 17.0 Å². The summed E-state index contributed by atoms with van der Waals surface area (Å²) in [5, 5.41) is 2.71. The van der Waals surface area contributed by atoms with Crippen molar-refractivity contribution in [1.82, 2.24) is 0 Å². The number of hydrogen-bond donors (Lipinski definition) is 1. The van der Waals surface area contributed by atoms with Crippen LogP contribution in [0, 0.1) is 0 Å². The lowest BCUT2D eigenvalue weighted by atomic mass is 10.1. The molecule has 0 aromatic heterocycles. The van der Waals surface area contributed by atoms with Crippen LogP contribution in [0.4, 0.5) is 5.69 Å². The molecular weight excluding hydrogens is 451 g/mol. The summed E-state index contributed by atoms with van der Waals surface area (Å²) in [5.41, 5.74) is 1.64. The van der Waals surface area contributed by atoms with Crippen LogP contribution in [0.3, 0.4) is 0 Å². The Balaban J connectivity index is 2.30. The molecular formula is C10H8BrIN2O2S2. The van der Waals surface area contributed by atoms with E-state index < -0.39 is 11.4 Å². The highest BCUT2D eigenvalue weighted by molar-refractivity contribution is 14.2. The summed E-state index contributed by atoms with van der Waals surface area (Å²) in [6, 6.07) is 5.46. The van der Waals surface area contributed by atoms with Crippen LogP contribution >= 0.6 is 46.1 Å². The fraction of sp³-hybridized carbons (Fsp3) is 0.200. The molecule has 1 unspecified atom stereocenters. The fourth-order valence-corrected chi connectivity index (χ4v) is 4.96. The molecule has 1 atom stereocenters. The molecule has 1 N–H and O–H groups in total. The monoisotopic (exact) mass is 458 g/mol. The molecule has 96 valence electrons. The molecule has 1 amide bonds. The highest BCUT2D eigenvalue weighted by atomic mass is 127. The van der Waals surface area contributed by atoms with Gasteiger partial charge in [-0.1, -0.05) is 35.3 Å². The molecule has 0 saturated heterocycles. The van der Waals surface area contributed by atoms with Crippen LogP contribution in [-0.4, -0.2) is 27.7 Å². The van der Waals surface area contributed by atoms with Crippen LogP contribution < -0.4 is 5.32 Å². The Morgan fingerprint density at radius 1 is 1.56 bits per heavy atom. The number of amides is 1. The second-order valence-electron chi connectivity index (χ2n) is 3.40. The number of fused-ring (bicyclic) bond motifs is 1. The van der Waals surface area contributed by atoms with Crippen molar-refractivity contribution in [3.8, 4) is 0 Å². The molecule has 1 aromatic carbocycles. The summed E-state index contributed by atoms with van der Waals surface area (Å²) in [5.74, 6) is 0.894. The van der Waals surface area contributed by atoms with Gasteiger partial charge in [-0.25, -0.2) is 0 Å². The maximum absolute atomic E-state index is 11.8. The van der Waals surface area contributed by atoms with Crippen molar-refractivity contribution in [2.45, 2.75) is 0 Å². The number of nitrogens with one attached hydrogen (secondary N) is 1. The average molecular weight is 459 g/mol. The summed E-state index contributed by atoms with van der Waals surface area (Å²) in [7, 11) is 1.58. The first-order valence-electron chi connectivity index (χ1n) is 4.94. The van der Waals surface area contributed by atoms with E-state index in [2.05, 4.69) is 46.9 Å². The molecule has 1 aliphatic rings. The minimum atomic E-state index is -1.37. The Kier molecular flexibility index (Phi) is 5.36. The topological polar surface area (TPSA) is 64.5 Å². The van der Waals surface area contributed by atoms with Gasteiger partial charge in [0.15, 0.2) is 5.71 Å². The SMILES string of the molecule is O=C1Nc2cccc(Br)c2C1=N[S+]([O-])CCSI. The second-order valence-corrected chi connectivity index (χ2v) is 7.98. The van der Waals surface area contributed by atoms with E-state index in [1.54, 1.807) is 15.0 Å². The van der Waals surface area contributed by atoms with Gasteiger partial charge in [-0.05, 0) is 33.3 Å². The molecule has 4 nitrogen and oxygen atoms in total. The first-order valence-corrected chi connectivity index (χ1v) is 10.5. The largest absolute Gasteiger partial charge is 0.591 e. The summed E-state index contributed by atoms with van der Waals surface area (Å²) in [4.78, 5) is 11.8. The van der Waals surface area contributed by atoms with Crippen LogP contribution in [0.2, 0.25) is 0 Å². The summed E-state index contributed by atoms with van der Waals surface area (Å²) < 4.78 is 16.5. The van der Waals surface area contributed by atoms with Crippen molar-refractivity contribution < 1.29 is 9.35 Å². The van der Waals surface area contributed by atoms with Crippen molar-refractivity contribution in [2.24, 2.45) is 4.40 Å². The summed E-state index contributed by atoms with van der Waals surface area (Å²) >= 11 is 4.16. The van der Waals surface area contributed by atoms with E-state index in [0.717, 1.165) is 10.2 Å². The Morgan fingerprint density at radius 3 is 3.06 bits per heavy atom. The van der Waals surface area contributed by atoms with Gasteiger partial charge in [-0.3, -0.25) is 4.79 Å². The molecule has 0 saturated carbocycles. The highest BCUT2D eigenvalue weighted by Crippen LogP contribution is 2.30. The van der Waals surface area contributed by atoms with Gasteiger partial charge in [0.1, 0.15) is 5.75 Å². The molecule has 2 rings (SSSR count). The van der Waals surface area contributed by atoms with Gasteiger partial charge in [0.2, 0.25) is 0 Å². The number of halogens is 2. The minimum Gasteiger partial charge on any atom is -0.591 e. The predicted molar refractivity (Wildman–Crippen MR) is 88.8 cm³/mol. The zero-order valence-electron chi connectivity index (χ0n) is 8.98. The molecule has 0 aliphatic carbocycles. The molecule has 0 bridgehead atoms. The normalized spacial score (nSPS) is 17.7. The summed E-state index contributed by atoms with van der Waals surface area (Å²) in [6.45, 7) is 0. The van der Waals surface area contributed by atoms with E-state index in [-0.39, 0.29) is 11.6 Å². The lowest BCUT2D eigenvalue weighted by Crippen LogP contribution is -2.18. The van der Waals surface area contributed by atoms with Gasteiger partial charge in [-0.15, -0.1) is 0 Å². The zero-order valence-corrected chi connectivity index (χ0v) is 14.4. The Hall–Kier alpha value is 0.230. The van der Waals surface area contributed by atoms with Crippen LogP contribution in [0.5, 0.6) is 0 Å². The Morgan fingerprint density at radius 2 is 2.33 bits per heavy atom. The fourth-order valence-electron chi connectivity index (χ4n) is 1.50. The number of nitrogens with zero attached hydrogens (tertiary/aromatic N) is 1. The predicted octanol–water partition coefficient (Wildman–Crippen LogP) is 2.94. The van der Waals surface area contributed by atoms with Crippen molar-refractivity contribution in [2.75, 3.05) is 16.8 Å².